The minimum absolute atomic E-state index is 0.404. The van der Waals surface area contributed by atoms with Gasteiger partial charge < -0.3 is 10.2 Å². The molecule has 2 fully saturated rings. The summed E-state index contributed by atoms with van der Waals surface area (Å²) < 4.78 is 0. The van der Waals surface area contributed by atoms with Crippen LogP contribution in [-0.2, 0) is 4.79 Å². The van der Waals surface area contributed by atoms with Crippen molar-refractivity contribution in [1.82, 2.24) is 10.2 Å². The van der Waals surface area contributed by atoms with E-state index in [1.165, 1.54) is 32.1 Å². The zero-order valence-corrected chi connectivity index (χ0v) is 11.2. The third kappa shape index (κ3) is 3.21. The predicted molar refractivity (Wildman–Crippen MR) is 69.8 cm³/mol. The van der Waals surface area contributed by atoms with Crippen LogP contribution in [0.25, 0.3) is 0 Å². The summed E-state index contributed by atoms with van der Waals surface area (Å²) in [6.45, 7) is 4.24. The standard InChI is InChI=1S/C14H26N2O/c1-11-5-6-12(8-11)9-14(17)16-7-3-4-13(16)10-15-2/h11-13,15H,3-10H2,1-2H3/t11-,12+,13+/m1/s1. The molecule has 1 N–H and O–H groups in total. The SMILES string of the molecule is CNC[C@@H]1CCCN1C(=O)C[C@H]1CC[C@@H](C)C1. The van der Waals surface area contributed by atoms with Crippen LogP contribution in [0.15, 0.2) is 0 Å². The molecule has 2 aliphatic rings. The highest BCUT2D eigenvalue weighted by Gasteiger charge is 2.31. The van der Waals surface area contributed by atoms with E-state index in [0.717, 1.165) is 25.4 Å². The van der Waals surface area contributed by atoms with Gasteiger partial charge in [0.1, 0.15) is 0 Å². The molecule has 17 heavy (non-hydrogen) atoms. The van der Waals surface area contributed by atoms with Gasteiger partial charge in [0.25, 0.3) is 0 Å². The smallest absolute Gasteiger partial charge is 0.223 e. The van der Waals surface area contributed by atoms with Crippen molar-refractivity contribution in [3.05, 3.63) is 0 Å². The van der Waals surface area contributed by atoms with Crippen LogP contribution in [0.5, 0.6) is 0 Å². The number of carbonyl (C=O) groups is 1. The lowest BCUT2D eigenvalue weighted by atomic mass is 10.0. The molecule has 1 aliphatic heterocycles. The van der Waals surface area contributed by atoms with Gasteiger partial charge in [-0.1, -0.05) is 13.3 Å². The topological polar surface area (TPSA) is 32.3 Å². The van der Waals surface area contributed by atoms with Crippen LogP contribution in [-0.4, -0.2) is 37.0 Å². The molecule has 2 rings (SSSR count). The average Bonchev–Trinajstić information content (AvgIpc) is 2.88. The van der Waals surface area contributed by atoms with Gasteiger partial charge in [-0.15, -0.1) is 0 Å². The van der Waals surface area contributed by atoms with E-state index in [1.807, 2.05) is 7.05 Å². The molecule has 1 saturated carbocycles. The highest BCUT2D eigenvalue weighted by atomic mass is 16.2. The molecule has 3 atom stereocenters. The number of hydrogen-bond acceptors (Lipinski definition) is 2. The minimum Gasteiger partial charge on any atom is -0.338 e. The van der Waals surface area contributed by atoms with Crippen molar-refractivity contribution in [2.45, 2.75) is 51.5 Å². The van der Waals surface area contributed by atoms with Crippen LogP contribution in [0.4, 0.5) is 0 Å². The van der Waals surface area contributed by atoms with Crippen LogP contribution >= 0.6 is 0 Å². The number of likely N-dealkylation sites (N-methyl/N-ethyl adjacent to an activating group) is 1. The van der Waals surface area contributed by atoms with E-state index in [1.54, 1.807) is 0 Å². The summed E-state index contributed by atoms with van der Waals surface area (Å²) in [7, 11) is 1.97. The van der Waals surface area contributed by atoms with Gasteiger partial charge in [0, 0.05) is 25.6 Å². The van der Waals surface area contributed by atoms with Gasteiger partial charge in [-0.25, -0.2) is 0 Å². The first kappa shape index (κ1) is 12.9. The zero-order chi connectivity index (χ0) is 12.3. The Balaban J connectivity index is 1.82. The van der Waals surface area contributed by atoms with Gasteiger partial charge in [0.05, 0.1) is 0 Å². The number of likely N-dealkylation sites (tertiary alicyclic amines) is 1. The highest BCUT2D eigenvalue weighted by molar-refractivity contribution is 5.77. The van der Waals surface area contributed by atoms with E-state index in [2.05, 4.69) is 17.1 Å². The first-order chi connectivity index (χ1) is 8.20. The molecule has 0 aromatic heterocycles. The lowest BCUT2D eigenvalue weighted by Crippen LogP contribution is -2.41. The van der Waals surface area contributed by atoms with Crippen molar-refractivity contribution in [1.29, 1.82) is 0 Å². The summed E-state index contributed by atoms with van der Waals surface area (Å²) >= 11 is 0. The lowest BCUT2D eigenvalue weighted by Gasteiger charge is -2.25. The molecule has 0 unspecified atom stereocenters. The fourth-order valence-electron chi connectivity index (χ4n) is 3.49. The van der Waals surface area contributed by atoms with Crippen molar-refractivity contribution in [2.75, 3.05) is 20.1 Å². The van der Waals surface area contributed by atoms with Crippen LogP contribution in [0.1, 0.15) is 45.4 Å². The molecule has 0 aromatic rings. The molecule has 1 aliphatic carbocycles. The molecule has 98 valence electrons. The maximum absolute atomic E-state index is 12.3. The maximum atomic E-state index is 12.3. The normalized spacial score (nSPS) is 33.3. The Hall–Kier alpha value is -0.570. The zero-order valence-electron chi connectivity index (χ0n) is 11.2. The summed E-state index contributed by atoms with van der Waals surface area (Å²) in [5, 5.41) is 3.20. The van der Waals surface area contributed by atoms with Gasteiger partial charge in [-0.2, -0.15) is 0 Å². The van der Waals surface area contributed by atoms with E-state index in [9.17, 15) is 4.79 Å². The lowest BCUT2D eigenvalue weighted by molar-refractivity contribution is -0.132. The van der Waals surface area contributed by atoms with Gasteiger partial charge in [-0.3, -0.25) is 4.79 Å². The summed E-state index contributed by atoms with van der Waals surface area (Å²) in [6.07, 6.45) is 6.99. The molecule has 0 aromatic carbocycles. The Kier molecular flexibility index (Phi) is 4.43. The highest BCUT2D eigenvalue weighted by Crippen LogP contribution is 2.33. The van der Waals surface area contributed by atoms with E-state index < -0.39 is 0 Å². The third-order valence-electron chi connectivity index (χ3n) is 4.40. The Morgan fingerprint density at radius 3 is 2.82 bits per heavy atom. The van der Waals surface area contributed by atoms with E-state index in [-0.39, 0.29) is 0 Å². The van der Waals surface area contributed by atoms with E-state index in [0.29, 0.717) is 17.9 Å². The van der Waals surface area contributed by atoms with Gasteiger partial charge in [0.2, 0.25) is 5.91 Å². The Morgan fingerprint density at radius 1 is 1.35 bits per heavy atom. The van der Waals surface area contributed by atoms with E-state index in [4.69, 9.17) is 0 Å². The van der Waals surface area contributed by atoms with Crippen LogP contribution in [0, 0.1) is 11.8 Å². The molecule has 3 nitrogen and oxygen atoms in total. The summed E-state index contributed by atoms with van der Waals surface area (Å²) in [5.74, 6) is 1.90. The van der Waals surface area contributed by atoms with Crippen molar-refractivity contribution < 1.29 is 4.79 Å². The predicted octanol–water partition coefficient (Wildman–Crippen LogP) is 2.02. The largest absolute Gasteiger partial charge is 0.338 e. The van der Waals surface area contributed by atoms with Crippen LogP contribution in [0.2, 0.25) is 0 Å². The third-order valence-corrected chi connectivity index (χ3v) is 4.40. The van der Waals surface area contributed by atoms with Crippen LogP contribution in [0.3, 0.4) is 0 Å². The number of hydrogen-bond donors (Lipinski definition) is 1. The molecule has 0 radical (unpaired) electrons. The number of rotatable bonds is 4. The second kappa shape index (κ2) is 5.85. The van der Waals surface area contributed by atoms with Crippen molar-refractivity contribution in [2.24, 2.45) is 11.8 Å². The molecule has 1 amide bonds. The van der Waals surface area contributed by atoms with Crippen molar-refractivity contribution >= 4 is 5.91 Å². The summed E-state index contributed by atoms with van der Waals surface area (Å²) in [4.78, 5) is 14.4. The van der Waals surface area contributed by atoms with E-state index >= 15 is 0 Å². The van der Waals surface area contributed by atoms with Gasteiger partial charge in [-0.05, 0) is 44.6 Å². The second-order valence-electron chi connectivity index (χ2n) is 5.93. The molecule has 3 heteroatoms. The number of nitrogens with zero attached hydrogens (tertiary/aromatic N) is 1. The summed E-state index contributed by atoms with van der Waals surface area (Å²) in [5.41, 5.74) is 0. The number of amides is 1. The fraction of sp³-hybridized carbons (Fsp3) is 0.929. The molecular weight excluding hydrogens is 212 g/mol. The molecule has 0 spiro atoms. The molecule has 0 bridgehead atoms. The van der Waals surface area contributed by atoms with Crippen molar-refractivity contribution in [3.63, 3.8) is 0 Å². The first-order valence-electron chi connectivity index (χ1n) is 7.14. The average molecular weight is 238 g/mol. The van der Waals surface area contributed by atoms with Crippen molar-refractivity contribution in [3.8, 4) is 0 Å². The van der Waals surface area contributed by atoms with Crippen LogP contribution < -0.4 is 5.32 Å². The fourth-order valence-corrected chi connectivity index (χ4v) is 3.49. The Labute approximate surface area is 105 Å². The Morgan fingerprint density at radius 2 is 2.18 bits per heavy atom. The number of carbonyl (C=O) groups excluding carboxylic acids is 1. The second-order valence-corrected chi connectivity index (χ2v) is 5.93. The minimum atomic E-state index is 0.404. The Bertz CT molecular complexity index is 267. The molecule has 1 heterocycles. The quantitative estimate of drug-likeness (QED) is 0.812. The monoisotopic (exact) mass is 238 g/mol. The maximum Gasteiger partial charge on any atom is 0.223 e. The van der Waals surface area contributed by atoms with Gasteiger partial charge in [0.15, 0.2) is 0 Å². The molecular formula is C14H26N2O. The number of nitrogens with one attached hydrogen (secondary N) is 1. The molecule has 1 saturated heterocycles. The van der Waals surface area contributed by atoms with Gasteiger partial charge >= 0.3 is 0 Å². The summed E-state index contributed by atoms with van der Waals surface area (Å²) in [6, 6.07) is 0.450. The first-order valence-corrected chi connectivity index (χ1v) is 7.14.